The Morgan fingerprint density at radius 3 is 2.46 bits per heavy atom. The van der Waals surface area contributed by atoms with Crippen molar-refractivity contribution in [2.24, 2.45) is 5.10 Å². The first-order valence-electron chi connectivity index (χ1n) is 11.0. The van der Waals surface area contributed by atoms with Crippen molar-refractivity contribution < 1.29 is 19.1 Å². The molecule has 1 aliphatic rings. The van der Waals surface area contributed by atoms with Crippen molar-refractivity contribution in [3.8, 4) is 5.75 Å². The van der Waals surface area contributed by atoms with Gasteiger partial charge < -0.3 is 4.74 Å². The van der Waals surface area contributed by atoms with Crippen molar-refractivity contribution in [2.75, 3.05) is 7.11 Å². The molecule has 1 aromatic heterocycles. The highest BCUT2D eigenvalue weighted by Crippen LogP contribution is 2.34. The molecular formula is C25H24N6O4. The summed E-state index contributed by atoms with van der Waals surface area (Å²) in [6, 6.07) is 16.8. The highest BCUT2D eigenvalue weighted by Gasteiger charge is 2.33. The van der Waals surface area contributed by atoms with Gasteiger partial charge in [-0.1, -0.05) is 42.5 Å². The van der Waals surface area contributed by atoms with E-state index in [2.05, 4.69) is 25.9 Å². The lowest BCUT2D eigenvalue weighted by Gasteiger charge is -2.22. The number of nitrogens with one attached hydrogen (secondary N) is 2. The largest absolute Gasteiger partial charge is 0.497 e. The number of methoxy groups -OCH3 is 1. The van der Waals surface area contributed by atoms with Crippen molar-refractivity contribution in [3.63, 3.8) is 0 Å². The molecule has 3 aromatic rings. The van der Waals surface area contributed by atoms with Gasteiger partial charge in [-0.3, -0.25) is 30.2 Å². The summed E-state index contributed by atoms with van der Waals surface area (Å²) < 4.78 is 5.24. The third-order valence-corrected chi connectivity index (χ3v) is 5.45. The van der Waals surface area contributed by atoms with Crippen molar-refractivity contribution in [3.05, 3.63) is 90.0 Å². The van der Waals surface area contributed by atoms with Gasteiger partial charge in [-0.05, 0) is 23.3 Å². The molecule has 0 aliphatic carbocycles. The van der Waals surface area contributed by atoms with Gasteiger partial charge in [0.15, 0.2) is 0 Å². The van der Waals surface area contributed by atoms with Gasteiger partial charge in [-0.2, -0.15) is 5.10 Å². The third-order valence-electron chi connectivity index (χ3n) is 5.45. The van der Waals surface area contributed by atoms with Gasteiger partial charge in [-0.15, -0.1) is 0 Å². The quantitative estimate of drug-likeness (QED) is 0.509. The standard InChI is InChI=1S/C25H24N6O4/c1-35-19-9-7-18(8-10-19)22-15-20(17-5-3-2-4-6-17)30-31(22)24(33)12-11-23(32)28-29-25(34)21-16-26-13-14-27-21/h2-10,13-14,16,22H,11-12,15H2,1H3,(H,28,32)(H,29,34). The van der Waals surface area contributed by atoms with E-state index in [1.807, 2.05) is 54.6 Å². The number of hydrogen-bond donors (Lipinski definition) is 2. The fourth-order valence-corrected chi connectivity index (χ4v) is 3.64. The van der Waals surface area contributed by atoms with Gasteiger partial charge in [0.2, 0.25) is 11.8 Å². The summed E-state index contributed by atoms with van der Waals surface area (Å²) in [7, 11) is 1.59. The molecule has 35 heavy (non-hydrogen) atoms. The Morgan fingerprint density at radius 2 is 1.77 bits per heavy atom. The average Bonchev–Trinajstić information content (AvgIpc) is 3.37. The normalized spacial score (nSPS) is 14.7. The zero-order valence-electron chi connectivity index (χ0n) is 19.0. The van der Waals surface area contributed by atoms with Gasteiger partial charge in [0.25, 0.3) is 5.91 Å². The molecule has 1 atom stereocenters. The second-order valence-corrected chi connectivity index (χ2v) is 7.74. The molecule has 0 spiro atoms. The average molecular weight is 473 g/mol. The molecule has 0 radical (unpaired) electrons. The highest BCUT2D eigenvalue weighted by molar-refractivity contribution is 6.03. The van der Waals surface area contributed by atoms with Crippen molar-refractivity contribution in [1.29, 1.82) is 0 Å². The molecule has 1 unspecified atom stereocenters. The Labute approximate surface area is 202 Å². The van der Waals surface area contributed by atoms with E-state index in [4.69, 9.17) is 4.74 Å². The number of nitrogens with zero attached hydrogens (tertiary/aromatic N) is 4. The molecule has 4 rings (SSSR count). The topological polar surface area (TPSA) is 126 Å². The number of rotatable bonds is 7. The van der Waals surface area contributed by atoms with Crippen LogP contribution >= 0.6 is 0 Å². The third kappa shape index (κ3) is 5.85. The fraction of sp³-hybridized carbons (Fsp3) is 0.200. The van der Waals surface area contributed by atoms with Gasteiger partial charge in [-0.25, -0.2) is 9.99 Å². The number of ether oxygens (including phenoxy) is 1. The van der Waals surface area contributed by atoms with Gasteiger partial charge in [0.1, 0.15) is 11.4 Å². The second-order valence-electron chi connectivity index (χ2n) is 7.74. The Balaban J connectivity index is 1.41. The van der Waals surface area contributed by atoms with E-state index in [-0.39, 0.29) is 30.5 Å². The predicted molar refractivity (Wildman–Crippen MR) is 127 cm³/mol. The number of carbonyl (C=O) groups excluding carboxylic acids is 3. The SMILES string of the molecule is COc1ccc(C2CC(c3ccccc3)=NN2C(=O)CCC(=O)NNC(=O)c2cnccn2)cc1. The van der Waals surface area contributed by atoms with Gasteiger partial charge in [0, 0.05) is 31.7 Å². The zero-order valence-corrected chi connectivity index (χ0v) is 19.0. The molecule has 2 N–H and O–H groups in total. The molecule has 10 nitrogen and oxygen atoms in total. The molecule has 0 saturated carbocycles. The summed E-state index contributed by atoms with van der Waals surface area (Å²) in [6.45, 7) is 0. The molecule has 2 aromatic carbocycles. The number of hydrazine groups is 1. The Bertz CT molecular complexity index is 1220. The number of aromatic nitrogens is 2. The summed E-state index contributed by atoms with van der Waals surface area (Å²) in [6.07, 6.45) is 4.42. The minimum atomic E-state index is -0.603. The first-order valence-corrected chi connectivity index (χ1v) is 11.0. The van der Waals surface area contributed by atoms with Crippen LogP contribution in [0.1, 0.15) is 46.9 Å². The molecule has 1 aliphatic heterocycles. The lowest BCUT2D eigenvalue weighted by atomic mass is 9.98. The maximum absolute atomic E-state index is 13.1. The van der Waals surface area contributed by atoms with Crippen LogP contribution in [-0.2, 0) is 9.59 Å². The number of amides is 3. The van der Waals surface area contributed by atoms with Crippen LogP contribution in [0, 0.1) is 0 Å². The van der Waals surface area contributed by atoms with Crippen LogP contribution < -0.4 is 15.6 Å². The van der Waals surface area contributed by atoms with Crippen LogP contribution in [0.3, 0.4) is 0 Å². The van der Waals surface area contributed by atoms with Crippen LogP contribution in [0.25, 0.3) is 0 Å². The van der Waals surface area contributed by atoms with Crippen LogP contribution in [0.4, 0.5) is 0 Å². The summed E-state index contributed by atoms with van der Waals surface area (Å²) >= 11 is 0. The lowest BCUT2D eigenvalue weighted by molar-refractivity contribution is -0.135. The van der Waals surface area contributed by atoms with E-state index < -0.39 is 11.8 Å². The summed E-state index contributed by atoms with van der Waals surface area (Å²) in [5.74, 6) is -0.696. The van der Waals surface area contributed by atoms with Gasteiger partial charge in [0.05, 0.1) is 25.1 Å². The first-order chi connectivity index (χ1) is 17.0. The maximum Gasteiger partial charge on any atom is 0.289 e. The van der Waals surface area contributed by atoms with Crippen LogP contribution in [0.15, 0.2) is 78.3 Å². The summed E-state index contributed by atoms with van der Waals surface area (Å²) in [5.41, 5.74) is 7.25. The number of hydrazone groups is 1. The minimum absolute atomic E-state index is 0.0612. The molecule has 0 saturated heterocycles. The molecule has 2 heterocycles. The summed E-state index contributed by atoms with van der Waals surface area (Å²) in [4.78, 5) is 45.0. The van der Waals surface area contributed by atoms with E-state index in [1.54, 1.807) is 7.11 Å². The van der Waals surface area contributed by atoms with Crippen LogP contribution in [0.2, 0.25) is 0 Å². The number of hydrogen-bond acceptors (Lipinski definition) is 7. The summed E-state index contributed by atoms with van der Waals surface area (Å²) in [5, 5.41) is 6.04. The zero-order chi connectivity index (χ0) is 24.6. The van der Waals surface area contributed by atoms with Gasteiger partial charge >= 0.3 is 0 Å². The fourth-order valence-electron chi connectivity index (χ4n) is 3.64. The molecular weight excluding hydrogens is 448 g/mol. The molecule has 0 fully saturated rings. The monoisotopic (exact) mass is 472 g/mol. The molecule has 10 heteroatoms. The van der Waals surface area contributed by atoms with E-state index in [0.717, 1.165) is 16.8 Å². The predicted octanol–water partition coefficient (Wildman–Crippen LogP) is 2.40. The Kier molecular flexibility index (Phi) is 7.41. The number of benzene rings is 2. The lowest BCUT2D eigenvalue weighted by Crippen LogP contribution is -2.42. The van der Waals surface area contributed by atoms with Crippen molar-refractivity contribution in [1.82, 2.24) is 25.8 Å². The minimum Gasteiger partial charge on any atom is -0.497 e. The second kappa shape index (κ2) is 11.0. The van der Waals surface area contributed by atoms with Crippen molar-refractivity contribution >= 4 is 23.4 Å². The smallest absolute Gasteiger partial charge is 0.289 e. The highest BCUT2D eigenvalue weighted by atomic mass is 16.5. The van der Waals surface area contributed by atoms with E-state index in [0.29, 0.717) is 12.2 Å². The van der Waals surface area contributed by atoms with E-state index >= 15 is 0 Å². The first kappa shape index (κ1) is 23.6. The van der Waals surface area contributed by atoms with Crippen molar-refractivity contribution in [2.45, 2.75) is 25.3 Å². The van der Waals surface area contributed by atoms with E-state index in [9.17, 15) is 14.4 Å². The molecule has 0 bridgehead atoms. The van der Waals surface area contributed by atoms with Crippen LogP contribution in [0.5, 0.6) is 5.75 Å². The molecule has 3 amide bonds. The maximum atomic E-state index is 13.1. The Morgan fingerprint density at radius 1 is 1.00 bits per heavy atom. The molecule has 178 valence electrons. The van der Waals surface area contributed by atoms with E-state index in [1.165, 1.54) is 23.6 Å². The number of carbonyl (C=O) groups is 3. The Hall–Kier alpha value is -4.60. The van der Waals surface area contributed by atoms with Crippen LogP contribution in [-0.4, -0.2) is 45.5 Å².